The van der Waals surface area contributed by atoms with Crippen LogP contribution in [0.2, 0.25) is 0 Å². The lowest BCUT2D eigenvalue weighted by Gasteiger charge is -2.32. The Hall–Kier alpha value is -3.00. The summed E-state index contributed by atoms with van der Waals surface area (Å²) >= 11 is 0. The number of hydrogen-bond donors (Lipinski definition) is 2. The maximum Gasteiger partial charge on any atom is 0.338 e. The second-order valence-corrected chi connectivity index (χ2v) is 8.15. The van der Waals surface area contributed by atoms with Gasteiger partial charge in [-0.1, -0.05) is 6.92 Å². The van der Waals surface area contributed by atoms with Gasteiger partial charge in [0.1, 0.15) is 5.82 Å². The van der Waals surface area contributed by atoms with Crippen LogP contribution in [0.25, 0.3) is 10.9 Å². The molecular weight excluding hydrogens is 397 g/mol. The van der Waals surface area contributed by atoms with Gasteiger partial charge in [-0.2, -0.15) is 0 Å². The van der Waals surface area contributed by atoms with E-state index in [0.717, 1.165) is 68.5 Å². The molecule has 7 nitrogen and oxygen atoms in total. The number of nitrogens with one attached hydrogen (secondary N) is 1. The average Bonchev–Trinajstić information content (AvgIpc) is 3.11. The SMILES string of the molecule is CCCn1cc(CNCC2CCN(c3ncc(C(=O)O)cn3)CC2)c2cc(F)ccc21. The highest BCUT2D eigenvalue weighted by atomic mass is 19.1. The number of fused-ring (bicyclic) bond motifs is 1. The van der Waals surface area contributed by atoms with E-state index in [1.54, 1.807) is 6.07 Å². The van der Waals surface area contributed by atoms with Crippen LogP contribution >= 0.6 is 0 Å². The predicted molar refractivity (Wildman–Crippen MR) is 118 cm³/mol. The zero-order valence-electron chi connectivity index (χ0n) is 17.7. The second kappa shape index (κ2) is 9.43. The first-order chi connectivity index (χ1) is 15.0. The minimum Gasteiger partial charge on any atom is -0.478 e. The van der Waals surface area contributed by atoms with Crippen molar-refractivity contribution in [3.8, 4) is 0 Å². The Labute approximate surface area is 180 Å². The van der Waals surface area contributed by atoms with E-state index in [9.17, 15) is 9.18 Å². The van der Waals surface area contributed by atoms with Crippen molar-refractivity contribution in [2.24, 2.45) is 5.92 Å². The van der Waals surface area contributed by atoms with Crippen molar-refractivity contribution in [3.05, 3.63) is 53.7 Å². The number of rotatable bonds is 8. The molecule has 2 N–H and O–H groups in total. The number of aromatic carboxylic acids is 1. The molecule has 1 fully saturated rings. The largest absolute Gasteiger partial charge is 0.478 e. The molecule has 164 valence electrons. The topological polar surface area (TPSA) is 83.3 Å². The molecule has 0 atom stereocenters. The fraction of sp³-hybridized carbons (Fsp3) is 0.435. The first-order valence-electron chi connectivity index (χ1n) is 10.8. The number of anilines is 1. The number of aryl methyl sites for hydroxylation is 1. The third-order valence-corrected chi connectivity index (χ3v) is 5.92. The van der Waals surface area contributed by atoms with Gasteiger partial charge in [0, 0.05) is 55.7 Å². The van der Waals surface area contributed by atoms with E-state index in [4.69, 9.17) is 5.11 Å². The number of carboxylic acid groups (broad SMARTS) is 1. The van der Waals surface area contributed by atoms with Crippen molar-refractivity contribution in [3.63, 3.8) is 0 Å². The number of carboxylic acids is 1. The normalized spacial score (nSPS) is 15.0. The summed E-state index contributed by atoms with van der Waals surface area (Å²) in [4.78, 5) is 21.4. The van der Waals surface area contributed by atoms with Crippen LogP contribution in [0.1, 0.15) is 42.1 Å². The molecule has 0 unspecified atom stereocenters. The number of hydrogen-bond acceptors (Lipinski definition) is 5. The van der Waals surface area contributed by atoms with Gasteiger partial charge < -0.3 is 19.9 Å². The van der Waals surface area contributed by atoms with Crippen molar-refractivity contribution in [2.75, 3.05) is 24.5 Å². The van der Waals surface area contributed by atoms with Crippen LogP contribution < -0.4 is 10.2 Å². The summed E-state index contributed by atoms with van der Waals surface area (Å²) in [7, 11) is 0. The van der Waals surface area contributed by atoms with Gasteiger partial charge in [-0.25, -0.2) is 19.2 Å². The van der Waals surface area contributed by atoms with E-state index in [0.29, 0.717) is 11.9 Å². The Morgan fingerprint density at radius 3 is 2.68 bits per heavy atom. The third kappa shape index (κ3) is 4.85. The molecule has 0 aliphatic carbocycles. The van der Waals surface area contributed by atoms with Gasteiger partial charge in [0.2, 0.25) is 5.95 Å². The van der Waals surface area contributed by atoms with Crippen LogP contribution in [0.4, 0.5) is 10.3 Å². The van der Waals surface area contributed by atoms with Gasteiger partial charge in [0.15, 0.2) is 0 Å². The molecule has 4 rings (SSSR count). The lowest BCUT2D eigenvalue weighted by molar-refractivity contribution is 0.0696. The molecular formula is C23H28FN5O2. The standard InChI is InChI=1S/C23H28FN5O2/c1-2-7-29-15-18(20-10-19(24)3-4-21(20)29)12-25-11-16-5-8-28(9-6-16)23-26-13-17(14-27-23)22(30)31/h3-4,10,13-16,25H,2,5-9,11-12H2,1H3,(H,30,31). The molecule has 0 bridgehead atoms. The van der Waals surface area contributed by atoms with Crippen LogP contribution in [0.3, 0.4) is 0 Å². The van der Waals surface area contributed by atoms with Crippen LogP contribution in [0.15, 0.2) is 36.8 Å². The fourth-order valence-electron chi connectivity index (χ4n) is 4.25. The van der Waals surface area contributed by atoms with E-state index in [-0.39, 0.29) is 11.4 Å². The third-order valence-electron chi connectivity index (χ3n) is 5.92. The highest BCUT2D eigenvalue weighted by Gasteiger charge is 2.21. The summed E-state index contributed by atoms with van der Waals surface area (Å²) in [6.45, 7) is 6.39. The van der Waals surface area contributed by atoms with Crippen molar-refractivity contribution in [1.82, 2.24) is 19.9 Å². The summed E-state index contributed by atoms with van der Waals surface area (Å²) in [5.41, 5.74) is 2.32. The molecule has 1 aliphatic rings. The molecule has 0 saturated carbocycles. The molecule has 1 saturated heterocycles. The molecule has 0 radical (unpaired) electrons. The number of benzene rings is 1. The molecule has 3 aromatic rings. The van der Waals surface area contributed by atoms with Crippen molar-refractivity contribution in [2.45, 2.75) is 39.3 Å². The quantitative estimate of drug-likeness (QED) is 0.573. The first kappa shape index (κ1) is 21.2. The van der Waals surface area contributed by atoms with Gasteiger partial charge in [0.25, 0.3) is 0 Å². The van der Waals surface area contributed by atoms with E-state index in [1.807, 2.05) is 6.07 Å². The Bertz CT molecular complexity index is 1040. The number of nitrogens with zero attached hydrogens (tertiary/aromatic N) is 4. The summed E-state index contributed by atoms with van der Waals surface area (Å²) in [6, 6.07) is 5.02. The Balaban J connectivity index is 1.30. The summed E-state index contributed by atoms with van der Waals surface area (Å²) in [5.74, 6) is -0.0803. The zero-order chi connectivity index (χ0) is 21.8. The van der Waals surface area contributed by atoms with Gasteiger partial charge in [0.05, 0.1) is 5.56 Å². The lowest BCUT2D eigenvalue weighted by Crippen LogP contribution is -2.38. The summed E-state index contributed by atoms with van der Waals surface area (Å²) in [5, 5.41) is 13.5. The summed E-state index contributed by atoms with van der Waals surface area (Å²) in [6.07, 6.45) is 7.93. The van der Waals surface area contributed by atoms with E-state index < -0.39 is 5.97 Å². The van der Waals surface area contributed by atoms with Gasteiger partial charge in [-0.15, -0.1) is 0 Å². The molecule has 0 spiro atoms. The lowest BCUT2D eigenvalue weighted by atomic mass is 9.97. The van der Waals surface area contributed by atoms with Gasteiger partial charge in [-0.05, 0) is 55.5 Å². The number of aromatic nitrogens is 3. The molecule has 3 heterocycles. The van der Waals surface area contributed by atoms with E-state index >= 15 is 0 Å². The van der Waals surface area contributed by atoms with Crippen LogP contribution in [0, 0.1) is 11.7 Å². The van der Waals surface area contributed by atoms with Gasteiger partial charge in [-0.3, -0.25) is 0 Å². The van der Waals surface area contributed by atoms with E-state index in [2.05, 4.69) is 37.9 Å². The predicted octanol–water partition coefficient (Wildman–Crippen LogP) is 3.68. The Morgan fingerprint density at radius 2 is 2.00 bits per heavy atom. The first-order valence-corrected chi connectivity index (χ1v) is 10.8. The number of piperidine rings is 1. The van der Waals surface area contributed by atoms with E-state index in [1.165, 1.54) is 18.5 Å². The van der Waals surface area contributed by atoms with Crippen molar-refractivity contribution >= 4 is 22.8 Å². The fourth-order valence-corrected chi connectivity index (χ4v) is 4.25. The second-order valence-electron chi connectivity index (χ2n) is 8.15. The smallest absolute Gasteiger partial charge is 0.338 e. The molecule has 8 heteroatoms. The Morgan fingerprint density at radius 1 is 1.26 bits per heavy atom. The maximum absolute atomic E-state index is 13.8. The minimum atomic E-state index is -1.02. The molecule has 1 aromatic carbocycles. The Kier molecular flexibility index (Phi) is 6.46. The molecule has 2 aromatic heterocycles. The zero-order valence-corrected chi connectivity index (χ0v) is 17.7. The number of halogens is 1. The highest BCUT2D eigenvalue weighted by Crippen LogP contribution is 2.24. The van der Waals surface area contributed by atoms with Crippen molar-refractivity contribution in [1.29, 1.82) is 0 Å². The monoisotopic (exact) mass is 425 g/mol. The highest BCUT2D eigenvalue weighted by molar-refractivity contribution is 5.86. The van der Waals surface area contributed by atoms with Crippen LogP contribution in [-0.2, 0) is 13.1 Å². The number of carbonyl (C=O) groups is 1. The molecule has 0 amide bonds. The molecule has 31 heavy (non-hydrogen) atoms. The average molecular weight is 426 g/mol. The van der Waals surface area contributed by atoms with Gasteiger partial charge >= 0.3 is 5.97 Å². The molecule has 1 aliphatic heterocycles. The van der Waals surface area contributed by atoms with Crippen LogP contribution in [-0.4, -0.2) is 45.2 Å². The van der Waals surface area contributed by atoms with Crippen LogP contribution in [0.5, 0.6) is 0 Å². The summed E-state index contributed by atoms with van der Waals surface area (Å²) < 4.78 is 16.0. The minimum absolute atomic E-state index is 0.100. The maximum atomic E-state index is 13.8. The van der Waals surface area contributed by atoms with Crippen molar-refractivity contribution < 1.29 is 14.3 Å².